The lowest BCUT2D eigenvalue weighted by molar-refractivity contribution is -0.385. The van der Waals surface area contributed by atoms with Crippen molar-refractivity contribution in [1.29, 1.82) is 0 Å². The van der Waals surface area contributed by atoms with Crippen molar-refractivity contribution in [2.75, 3.05) is 0 Å². The monoisotopic (exact) mass is 306 g/mol. The van der Waals surface area contributed by atoms with E-state index in [-0.39, 0.29) is 17.9 Å². The van der Waals surface area contributed by atoms with E-state index in [1.807, 2.05) is 20.9 Å². The second-order valence-corrected chi connectivity index (χ2v) is 4.93. The second-order valence-electron chi connectivity index (χ2n) is 4.93. The molecule has 2 heterocycles. The fraction of sp³-hybridized carbons (Fsp3) is 0.462. The SMILES string of the molecule is CCn1cc([N+](=O)[O-])c(C(=O)NCc2c(C)nn(C)c2C)n1. The van der Waals surface area contributed by atoms with Gasteiger partial charge in [0.25, 0.3) is 5.91 Å². The number of hydrogen-bond donors (Lipinski definition) is 1. The maximum absolute atomic E-state index is 12.2. The molecule has 0 atom stereocenters. The van der Waals surface area contributed by atoms with Crippen LogP contribution in [0.15, 0.2) is 6.20 Å². The van der Waals surface area contributed by atoms with E-state index < -0.39 is 10.8 Å². The average Bonchev–Trinajstić information content (AvgIpc) is 3.00. The maximum atomic E-state index is 12.2. The number of amides is 1. The van der Waals surface area contributed by atoms with Crippen LogP contribution in [0.1, 0.15) is 34.4 Å². The summed E-state index contributed by atoms with van der Waals surface area (Å²) in [4.78, 5) is 22.6. The minimum absolute atomic E-state index is 0.175. The molecule has 0 saturated heterocycles. The number of nitro groups is 1. The summed E-state index contributed by atoms with van der Waals surface area (Å²) in [5.74, 6) is -0.568. The van der Waals surface area contributed by atoms with Gasteiger partial charge in [-0.25, -0.2) is 0 Å². The van der Waals surface area contributed by atoms with Crippen molar-refractivity contribution in [3.05, 3.63) is 39.0 Å². The smallest absolute Gasteiger partial charge is 0.320 e. The quantitative estimate of drug-likeness (QED) is 0.657. The third-order valence-corrected chi connectivity index (χ3v) is 3.56. The summed E-state index contributed by atoms with van der Waals surface area (Å²) in [6.07, 6.45) is 1.26. The van der Waals surface area contributed by atoms with Crippen molar-refractivity contribution in [1.82, 2.24) is 24.9 Å². The van der Waals surface area contributed by atoms with E-state index in [1.54, 1.807) is 11.6 Å². The first-order valence-corrected chi connectivity index (χ1v) is 6.84. The van der Waals surface area contributed by atoms with Crippen LogP contribution in [-0.4, -0.2) is 30.4 Å². The summed E-state index contributed by atoms with van der Waals surface area (Å²) < 4.78 is 3.10. The molecule has 9 nitrogen and oxygen atoms in total. The van der Waals surface area contributed by atoms with Crippen molar-refractivity contribution in [3.63, 3.8) is 0 Å². The van der Waals surface area contributed by atoms with Gasteiger partial charge in [-0.15, -0.1) is 0 Å². The maximum Gasteiger partial charge on any atom is 0.320 e. The van der Waals surface area contributed by atoms with Gasteiger partial charge in [0.15, 0.2) is 0 Å². The van der Waals surface area contributed by atoms with Crippen LogP contribution in [0.4, 0.5) is 5.69 Å². The highest BCUT2D eigenvalue weighted by atomic mass is 16.6. The van der Waals surface area contributed by atoms with Crippen LogP contribution in [0.25, 0.3) is 0 Å². The first-order chi connectivity index (χ1) is 10.3. The number of hydrogen-bond acceptors (Lipinski definition) is 5. The van der Waals surface area contributed by atoms with Gasteiger partial charge < -0.3 is 5.32 Å². The molecule has 1 N–H and O–H groups in total. The molecule has 0 aliphatic heterocycles. The Morgan fingerprint density at radius 2 is 2.09 bits per heavy atom. The van der Waals surface area contributed by atoms with E-state index in [4.69, 9.17) is 0 Å². The molecule has 118 valence electrons. The molecule has 2 aromatic heterocycles. The summed E-state index contributed by atoms with van der Waals surface area (Å²) in [6.45, 7) is 6.24. The van der Waals surface area contributed by atoms with E-state index in [2.05, 4.69) is 15.5 Å². The van der Waals surface area contributed by atoms with E-state index in [9.17, 15) is 14.9 Å². The molecule has 9 heteroatoms. The van der Waals surface area contributed by atoms with Gasteiger partial charge in [0.05, 0.1) is 10.6 Å². The van der Waals surface area contributed by atoms with Crippen molar-refractivity contribution in [2.24, 2.45) is 7.05 Å². The van der Waals surface area contributed by atoms with Crippen LogP contribution in [-0.2, 0) is 20.1 Å². The second kappa shape index (κ2) is 5.96. The average molecular weight is 306 g/mol. The summed E-state index contributed by atoms with van der Waals surface area (Å²) in [6, 6.07) is 0. The number of nitrogens with zero attached hydrogens (tertiary/aromatic N) is 5. The molecule has 2 aromatic rings. The molecule has 0 spiro atoms. The Balaban J connectivity index is 2.19. The number of aromatic nitrogens is 4. The molecule has 0 bridgehead atoms. The van der Waals surface area contributed by atoms with E-state index >= 15 is 0 Å². The van der Waals surface area contributed by atoms with Crippen LogP contribution >= 0.6 is 0 Å². The number of carbonyl (C=O) groups is 1. The summed E-state index contributed by atoms with van der Waals surface area (Å²) >= 11 is 0. The van der Waals surface area contributed by atoms with Crippen LogP contribution < -0.4 is 5.32 Å². The fourth-order valence-corrected chi connectivity index (χ4v) is 2.19. The predicted molar refractivity (Wildman–Crippen MR) is 78.4 cm³/mol. The van der Waals surface area contributed by atoms with Gasteiger partial charge in [-0.2, -0.15) is 10.2 Å². The molecule has 2 rings (SSSR count). The molecule has 0 aromatic carbocycles. The van der Waals surface area contributed by atoms with Crippen molar-refractivity contribution in [2.45, 2.75) is 33.9 Å². The topological polar surface area (TPSA) is 108 Å². The number of carbonyl (C=O) groups excluding carboxylic acids is 1. The van der Waals surface area contributed by atoms with E-state index in [0.717, 1.165) is 17.0 Å². The number of rotatable bonds is 5. The van der Waals surface area contributed by atoms with Crippen LogP contribution in [0.3, 0.4) is 0 Å². The largest absolute Gasteiger partial charge is 0.346 e. The zero-order valence-corrected chi connectivity index (χ0v) is 13.0. The zero-order chi connectivity index (χ0) is 16.4. The molecule has 22 heavy (non-hydrogen) atoms. The standard InChI is InChI=1S/C13H18N6O3/c1-5-18-7-11(19(21)22)12(16-18)13(20)14-6-10-8(2)15-17(4)9(10)3/h7H,5-6H2,1-4H3,(H,14,20). The molecule has 0 radical (unpaired) electrons. The van der Waals surface area contributed by atoms with Gasteiger partial charge in [-0.1, -0.05) is 0 Å². The van der Waals surface area contributed by atoms with Crippen molar-refractivity contribution in [3.8, 4) is 0 Å². The fourth-order valence-electron chi connectivity index (χ4n) is 2.19. The Morgan fingerprint density at radius 1 is 1.41 bits per heavy atom. The molecule has 0 unspecified atom stereocenters. The van der Waals surface area contributed by atoms with E-state index in [0.29, 0.717) is 6.54 Å². The predicted octanol–water partition coefficient (Wildman–Crippen LogP) is 1.09. The Labute approximate surface area is 127 Å². The van der Waals surface area contributed by atoms with Crippen LogP contribution in [0.2, 0.25) is 0 Å². The highest BCUT2D eigenvalue weighted by Crippen LogP contribution is 2.17. The lowest BCUT2D eigenvalue weighted by Gasteiger charge is -2.04. The first-order valence-electron chi connectivity index (χ1n) is 6.84. The third kappa shape index (κ3) is 2.83. The minimum Gasteiger partial charge on any atom is -0.346 e. The Kier molecular flexibility index (Phi) is 4.25. The molecular formula is C13H18N6O3. The van der Waals surface area contributed by atoms with Crippen molar-refractivity contribution < 1.29 is 9.72 Å². The lowest BCUT2D eigenvalue weighted by atomic mass is 10.2. The zero-order valence-electron chi connectivity index (χ0n) is 13.0. The van der Waals surface area contributed by atoms with Gasteiger partial charge in [0.2, 0.25) is 5.69 Å². The lowest BCUT2D eigenvalue weighted by Crippen LogP contribution is -2.24. The molecule has 0 saturated carbocycles. The van der Waals surface area contributed by atoms with Gasteiger partial charge in [-0.3, -0.25) is 24.3 Å². The molecule has 0 aliphatic rings. The highest BCUT2D eigenvalue weighted by molar-refractivity contribution is 5.96. The normalized spacial score (nSPS) is 10.7. The van der Waals surface area contributed by atoms with Crippen LogP contribution in [0.5, 0.6) is 0 Å². The first kappa shape index (κ1) is 15.7. The molecule has 0 aliphatic carbocycles. The van der Waals surface area contributed by atoms with Gasteiger partial charge >= 0.3 is 5.69 Å². The molecular weight excluding hydrogens is 288 g/mol. The highest BCUT2D eigenvalue weighted by Gasteiger charge is 2.25. The van der Waals surface area contributed by atoms with Gasteiger partial charge in [-0.05, 0) is 20.8 Å². The Bertz CT molecular complexity index is 730. The third-order valence-electron chi connectivity index (χ3n) is 3.56. The molecule has 0 fully saturated rings. The molecule has 1 amide bonds. The van der Waals surface area contributed by atoms with E-state index in [1.165, 1.54) is 10.9 Å². The number of aryl methyl sites for hydroxylation is 3. The minimum atomic E-state index is -0.603. The Hall–Kier alpha value is -2.71. The summed E-state index contributed by atoms with van der Waals surface area (Å²) in [5.41, 5.74) is 2.18. The number of nitrogens with one attached hydrogen (secondary N) is 1. The summed E-state index contributed by atoms with van der Waals surface area (Å²) in [7, 11) is 1.82. The van der Waals surface area contributed by atoms with Crippen molar-refractivity contribution >= 4 is 11.6 Å². The van der Waals surface area contributed by atoms with Gasteiger partial charge in [0.1, 0.15) is 6.20 Å². The van der Waals surface area contributed by atoms with Crippen LogP contribution in [0, 0.1) is 24.0 Å². The Morgan fingerprint density at radius 3 is 2.59 bits per heavy atom. The van der Waals surface area contributed by atoms with Gasteiger partial charge in [0, 0.05) is 31.4 Å². The summed E-state index contributed by atoms with van der Waals surface area (Å²) in [5, 5.41) is 21.9.